The quantitative estimate of drug-likeness (QED) is 0.438. The Kier molecular flexibility index (Phi) is 7.55. The Morgan fingerprint density at radius 3 is 2.53 bits per heavy atom. The topological polar surface area (TPSA) is 117 Å². The first-order valence-corrected chi connectivity index (χ1v) is 11.1. The number of H-pyrrole nitrogens is 1. The summed E-state index contributed by atoms with van der Waals surface area (Å²) in [5.41, 5.74) is 2.64. The molecule has 3 rings (SSSR count). The molecule has 0 atom stereocenters. The molecule has 0 spiro atoms. The molecule has 0 saturated heterocycles. The maximum absolute atomic E-state index is 12.7. The molecule has 0 bridgehead atoms. The molecule has 166 valence electrons. The van der Waals surface area contributed by atoms with Crippen LogP contribution < -0.4 is 16.2 Å². The Labute approximate surface area is 198 Å². The van der Waals surface area contributed by atoms with Crippen LogP contribution in [-0.4, -0.2) is 32.7 Å². The lowest BCUT2D eigenvalue weighted by molar-refractivity contribution is -0.114. The van der Waals surface area contributed by atoms with E-state index in [0.29, 0.717) is 27.0 Å². The number of aromatic nitrogens is 3. The molecule has 11 heteroatoms. The molecule has 0 fully saturated rings. The Balaban J connectivity index is 1.78. The number of benzene rings is 2. The molecule has 0 aliphatic carbocycles. The zero-order valence-electron chi connectivity index (χ0n) is 17.4. The van der Waals surface area contributed by atoms with Gasteiger partial charge in [-0.2, -0.15) is 0 Å². The van der Waals surface area contributed by atoms with E-state index in [9.17, 15) is 14.4 Å². The van der Waals surface area contributed by atoms with Gasteiger partial charge in [0.1, 0.15) is 0 Å². The number of aromatic amines is 1. The van der Waals surface area contributed by atoms with Crippen LogP contribution >= 0.6 is 35.0 Å². The van der Waals surface area contributed by atoms with Crippen LogP contribution in [0.3, 0.4) is 0 Å². The fraction of sp³-hybridized carbons (Fsp3) is 0.190. The molecule has 2 amide bonds. The SMILES string of the molecule is CC(=O)Nc1c(C)cc(C)cc1-c1nnc(SCC(=O)Nc2cc(Cl)ccc2Cl)[nH]c1=O. The number of carbonyl (C=O) groups is 2. The van der Waals surface area contributed by atoms with E-state index in [-0.39, 0.29) is 28.4 Å². The van der Waals surface area contributed by atoms with Crippen molar-refractivity contribution < 1.29 is 9.59 Å². The highest BCUT2D eigenvalue weighted by atomic mass is 35.5. The van der Waals surface area contributed by atoms with Crippen LogP contribution in [0, 0.1) is 13.8 Å². The minimum absolute atomic E-state index is 0.0342. The van der Waals surface area contributed by atoms with E-state index < -0.39 is 5.56 Å². The summed E-state index contributed by atoms with van der Waals surface area (Å²) in [6.07, 6.45) is 0. The second-order valence-corrected chi connectivity index (χ2v) is 8.76. The second-order valence-electron chi connectivity index (χ2n) is 6.95. The number of rotatable bonds is 6. The van der Waals surface area contributed by atoms with Crippen molar-refractivity contribution in [3.63, 3.8) is 0 Å². The Hall–Kier alpha value is -2.88. The number of hydrogen-bond acceptors (Lipinski definition) is 6. The molecule has 0 aliphatic rings. The molecule has 8 nitrogen and oxygen atoms in total. The number of anilines is 2. The molecule has 1 heterocycles. The predicted octanol–water partition coefficient (Wildman–Crippen LogP) is 4.44. The molecule has 2 aromatic carbocycles. The fourth-order valence-corrected chi connectivity index (χ4v) is 3.91. The number of thioether (sulfide) groups is 1. The van der Waals surface area contributed by atoms with Crippen molar-refractivity contribution in [3.8, 4) is 11.3 Å². The number of aryl methyl sites for hydroxylation is 2. The summed E-state index contributed by atoms with van der Waals surface area (Å²) in [4.78, 5) is 39.2. The van der Waals surface area contributed by atoms with Gasteiger partial charge in [-0.1, -0.05) is 46.6 Å². The normalized spacial score (nSPS) is 10.7. The molecule has 0 unspecified atom stereocenters. The summed E-state index contributed by atoms with van der Waals surface area (Å²) in [5.74, 6) is -0.651. The maximum Gasteiger partial charge on any atom is 0.278 e. The van der Waals surface area contributed by atoms with Crippen molar-refractivity contribution in [1.82, 2.24) is 15.2 Å². The van der Waals surface area contributed by atoms with Gasteiger partial charge >= 0.3 is 0 Å². The van der Waals surface area contributed by atoms with Crippen LogP contribution in [0.4, 0.5) is 11.4 Å². The minimum atomic E-state index is -0.489. The monoisotopic (exact) mass is 491 g/mol. The smallest absolute Gasteiger partial charge is 0.278 e. The first kappa shape index (κ1) is 23.8. The van der Waals surface area contributed by atoms with Crippen LogP contribution in [0.2, 0.25) is 10.0 Å². The van der Waals surface area contributed by atoms with E-state index in [0.717, 1.165) is 22.9 Å². The van der Waals surface area contributed by atoms with Crippen LogP contribution in [-0.2, 0) is 9.59 Å². The van der Waals surface area contributed by atoms with Gasteiger partial charge in [0.25, 0.3) is 5.56 Å². The lowest BCUT2D eigenvalue weighted by Crippen LogP contribution is -2.18. The maximum atomic E-state index is 12.7. The third-order valence-electron chi connectivity index (χ3n) is 4.25. The number of hydrogen-bond donors (Lipinski definition) is 3. The molecule has 0 saturated carbocycles. The number of nitrogens with one attached hydrogen (secondary N) is 3. The number of carbonyl (C=O) groups excluding carboxylic acids is 2. The zero-order valence-corrected chi connectivity index (χ0v) is 19.7. The van der Waals surface area contributed by atoms with E-state index in [1.165, 1.54) is 6.92 Å². The molecular weight excluding hydrogens is 473 g/mol. The van der Waals surface area contributed by atoms with Crippen molar-refractivity contribution in [2.45, 2.75) is 25.9 Å². The summed E-state index contributed by atoms with van der Waals surface area (Å²) in [5, 5.41) is 14.4. The van der Waals surface area contributed by atoms with E-state index >= 15 is 0 Å². The highest BCUT2D eigenvalue weighted by Gasteiger charge is 2.17. The summed E-state index contributed by atoms with van der Waals surface area (Å²) < 4.78 is 0. The van der Waals surface area contributed by atoms with Crippen LogP contribution in [0.5, 0.6) is 0 Å². The highest BCUT2D eigenvalue weighted by Crippen LogP contribution is 2.30. The standard InChI is InChI=1S/C21H19Cl2N5O3S/c1-10-6-11(2)18(24-12(3)29)14(7-10)19-20(31)26-21(28-27-19)32-9-17(30)25-16-8-13(22)4-5-15(16)23/h4-8H,9H2,1-3H3,(H,24,29)(H,25,30)(H,26,28,31). The average Bonchev–Trinajstić information content (AvgIpc) is 2.71. The van der Waals surface area contributed by atoms with Crippen molar-refractivity contribution in [1.29, 1.82) is 0 Å². The highest BCUT2D eigenvalue weighted by molar-refractivity contribution is 7.99. The van der Waals surface area contributed by atoms with Crippen molar-refractivity contribution in [3.05, 3.63) is 61.9 Å². The Morgan fingerprint density at radius 2 is 1.84 bits per heavy atom. The summed E-state index contributed by atoms with van der Waals surface area (Å²) in [7, 11) is 0. The van der Waals surface area contributed by atoms with E-state index in [1.807, 2.05) is 19.9 Å². The molecule has 3 N–H and O–H groups in total. The summed E-state index contributed by atoms with van der Waals surface area (Å²) >= 11 is 13.0. The van der Waals surface area contributed by atoms with E-state index in [2.05, 4.69) is 25.8 Å². The lowest BCUT2D eigenvalue weighted by Gasteiger charge is -2.13. The van der Waals surface area contributed by atoms with Crippen LogP contribution in [0.1, 0.15) is 18.1 Å². The van der Waals surface area contributed by atoms with Gasteiger partial charge in [-0.05, 0) is 43.7 Å². The van der Waals surface area contributed by atoms with Gasteiger partial charge in [0.2, 0.25) is 11.8 Å². The number of nitrogens with zero attached hydrogens (tertiary/aromatic N) is 2. The first-order valence-electron chi connectivity index (χ1n) is 9.38. The molecule has 1 aromatic heterocycles. The van der Waals surface area contributed by atoms with Gasteiger partial charge < -0.3 is 10.6 Å². The van der Waals surface area contributed by atoms with Gasteiger partial charge in [-0.15, -0.1) is 10.2 Å². The second kappa shape index (κ2) is 10.2. The molecular formula is C21H19Cl2N5O3S. The minimum Gasteiger partial charge on any atom is -0.325 e. The van der Waals surface area contributed by atoms with E-state index in [4.69, 9.17) is 23.2 Å². The average molecular weight is 492 g/mol. The van der Waals surface area contributed by atoms with Gasteiger partial charge in [0.15, 0.2) is 10.9 Å². The third kappa shape index (κ3) is 5.87. The zero-order chi connectivity index (χ0) is 23.4. The summed E-state index contributed by atoms with van der Waals surface area (Å²) in [6.45, 7) is 5.10. The number of amides is 2. The molecule has 3 aromatic rings. The Bertz CT molecular complexity index is 1260. The lowest BCUT2D eigenvalue weighted by atomic mass is 10.0. The van der Waals surface area contributed by atoms with Gasteiger partial charge in [-0.25, -0.2) is 0 Å². The van der Waals surface area contributed by atoms with Crippen LogP contribution in [0.25, 0.3) is 11.3 Å². The van der Waals surface area contributed by atoms with Crippen molar-refractivity contribution in [2.75, 3.05) is 16.4 Å². The number of halogens is 2. The fourth-order valence-electron chi connectivity index (χ4n) is 2.97. The van der Waals surface area contributed by atoms with Crippen molar-refractivity contribution in [2.24, 2.45) is 0 Å². The van der Waals surface area contributed by atoms with Gasteiger partial charge in [-0.3, -0.25) is 19.4 Å². The van der Waals surface area contributed by atoms with Gasteiger partial charge in [0.05, 0.1) is 22.2 Å². The Morgan fingerprint density at radius 1 is 1.09 bits per heavy atom. The first-order chi connectivity index (χ1) is 15.1. The predicted molar refractivity (Wildman–Crippen MR) is 128 cm³/mol. The van der Waals surface area contributed by atoms with Gasteiger partial charge in [0, 0.05) is 17.5 Å². The van der Waals surface area contributed by atoms with Crippen molar-refractivity contribution >= 4 is 58.2 Å². The summed E-state index contributed by atoms with van der Waals surface area (Å²) in [6, 6.07) is 8.39. The molecule has 0 radical (unpaired) electrons. The molecule has 0 aliphatic heterocycles. The molecule has 32 heavy (non-hydrogen) atoms. The van der Waals surface area contributed by atoms with E-state index in [1.54, 1.807) is 24.3 Å². The third-order valence-corrected chi connectivity index (χ3v) is 5.68. The van der Waals surface area contributed by atoms with Crippen LogP contribution in [0.15, 0.2) is 40.3 Å². The largest absolute Gasteiger partial charge is 0.325 e.